The first-order valence-electron chi connectivity index (χ1n) is 4.93. The molecule has 0 aromatic carbocycles. The van der Waals surface area contributed by atoms with E-state index in [0.717, 1.165) is 5.01 Å². The van der Waals surface area contributed by atoms with Crippen molar-refractivity contribution in [1.82, 2.24) is 20.0 Å². The SMILES string of the molecule is CC(C)n1cc(Oc2nnc(CN)s2)cn1. The first kappa shape index (κ1) is 11.0. The van der Waals surface area contributed by atoms with Gasteiger partial charge in [0, 0.05) is 12.6 Å². The zero-order valence-corrected chi connectivity index (χ0v) is 9.94. The molecule has 0 saturated carbocycles. The predicted octanol–water partition coefficient (Wildman–Crippen LogP) is 1.57. The van der Waals surface area contributed by atoms with E-state index in [2.05, 4.69) is 15.3 Å². The van der Waals surface area contributed by atoms with Crippen LogP contribution in [-0.2, 0) is 6.54 Å². The third-order valence-corrected chi connectivity index (χ3v) is 2.76. The number of hydrogen-bond acceptors (Lipinski definition) is 6. The Labute approximate surface area is 97.1 Å². The zero-order chi connectivity index (χ0) is 11.5. The Bertz CT molecular complexity index is 464. The van der Waals surface area contributed by atoms with Gasteiger partial charge in [0.05, 0.1) is 12.4 Å². The van der Waals surface area contributed by atoms with Crippen molar-refractivity contribution in [2.45, 2.75) is 26.4 Å². The zero-order valence-electron chi connectivity index (χ0n) is 9.12. The molecule has 2 aromatic rings. The molecule has 0 unspecified atom stereocenters. The second kappa shape index (κ2) is 4.58. The van der Waals surface area contributed by atoms with Gasteiger partial charge in [-0.2, -0.15) is 5.10 Å². The molecule has 2 rings (SSSR count). The van der Waals surface area contributed by atoms with E-state index < -0.39 is 0 Å². The summed E-state index contributed by atoms with van der Waals surface area (Å²) in [5, 5.41) is 13.1. The third kappa shape index (κ3) is 2.37. The Morgan fingerprint density at radius 2 is 2.31 bits per heavy atom. The Kier molecular flexibility index (Phi) is 3.16. The van der Waals surface area contributed by atoms with Crippen LogP contribution in [0, 0.1) is 0 Å². The van der Waals surface area contributed by atoms with Crippen LogP contribution in [0.15, 0.2) is 12.4 Å². The second-order valence-corrected chi connectivity index (χ2v) is 4.54. The molecule has 0 saturated heterocycles. The van der Waals surface area contributed by atoms with Crippen molar-refractivity contribution in [3.63, 3.8) is 0 Å². The van der Waals surface area contributed by atoms with Crippen LogP contribution >= 0.6 is 11.3 Å². The fourth-order valence-electron chi connectivity index (χ4n) is 1.12. The Morgan fingerprint density at radius 1 is 1.50 bits per heavy atom. The van der Waals surface area contributed by atoms with Gasteiger partial charge in [0.15, 0.2) is 5.75 Å². The lowest BCUT2D eigenvalue weighted by Gasteiger charge is -2.02. The van der Waals surface area contributed by atoms with Crippen LogP contribution in [0.5, 0.6) is 10.9 Å². The number of ether oxygens (including phenoxy) is 1. The molecule has 2 aromatic heterocycles. The van der Waals surface area contributed by atoms with Crippen molar-refractivity contribution in [2.75, 3.05) is 0 Å². The summed E-state index contributed by atoms with van der Waals surface area (Å²) in [6.07, 6.45) is 3.48. The van der Waals surface area contributed by atoms with E-state index >= 15 is 0 Å². The fraction of sp³-hybridized carbons (Fsp3) is 0.444. The van der Waals surface area contributed by atoms with E-state index in [1.807, 2.05) is 24.7 Å². The topological polar surface area (TPSA) is 78.8 Å². The first-order chi connectivity index (χ1) is 7.69. The summed E-state index contributed by atoms with van der Waals surface area (Å²) in [6, 6.07) is 0.311. The van der Waals surface area contributed by atoms with Gasteiger partial charge in [0.25, 0.3) is 5.19 Å². The van der Waals surface area contributed by atoms with E-state index in [1.54, 1.807) is 6.20 Å². The lowest BCUT2D eigenvalue weighted by atomic mass is 10.4. The van der Waals surface area contributed by atoms with Crippen molar-refractivity contribution in [3.8, 4) is 10.9 Å². The molecule has 0 aliphatic carbocycles. The summed E-state index contributed by atoms with van der Waals surface area (Å²) in [7, 11) is 0. The van der Waals surface area contributed by atoms with Crippen LogP contribution in [0.25, 0.3) is 0 Å². The largest absolute Gasteiger partial charge is 0.426 e. The van der Waals surface area contributed by atoms with Crippen LogP contribution in [-0.4, -0.2) is 20.0 Å². The standard InChI is InChI=1S/C9H13N5OS/c1-6(2)14-5-7(4-11-14)15-9-13-12-8(3-10)16-9/h4-6H,3,10H2,1-2H3. The number of nitrogens with two attached hydrogens (primary N) is 1. The molecule has 0 spiro atoms. The minimum Gasteiger partial charge on any atom is -0.426 e. The maximum Gasteiger partial charge on any atom is 0.299 e. The monoisotopic (exact) mass is 239 g/mol. The molecular formula is C9H13N5OS. The maximum atomic E-state index is 5.50. The number of rotatable bonds is 4. The first-order valence-corrected chi connectivity index (χ1v) is 5.75. The smallest absolute Gasteiger partial charge is 0.299 e. The maximum absolute atomic E-state index is 5.50. The summed E-state index contributed by atoms with van der Waals surface area (Å²) < 4.78 is 7.32. The van der Waals surface area contributed by atoms with Crippen LogP contribution in [0.3, 0.4) is 0 Å². The highest BCUT2D eigenvalue weighted by Crippen LogP contribution is 2.24. The van der Waals surface area contributed by atoms with Gasteiger partial charge in [-0.1, -0.05) is 16.4 Å². The van der Waals surface area contributed by atoms with Crippen LogP contribution < -0.4 is 10.5 Å². The Hall–Kier alpha value is -1.47. The minimum absolute atomic E-state index is 0.311. The van der Waals surface area contributed by atoms with Gasteiger partial charge < -0.3 is 10.5 Å². The highest BCUT2D eigenvalue weighted by molar-refractivity contribution is 7.13. The van der Waals surface area contributed by atoms with Crippen LogP contribution in [0.1, 0.15) is 24.9 Å². The summed E-state index contributed by atoms with van der Waals surface area (Å²) >= 11 is 1.34. The number of aromatic nitrogens is 4. The van der Waals surface area contributed by atoms with Crippen LogP contribution in [0.4, 0.5) is 0 Å². The lowest BCUT2D eigenvalue weighted by molar-refractivity contribution is 0.468. The van der Waals surface area contributed by atoms with Crippen molar-refractivity contribution >= 4 is 11.3 Å². The van der Waals surface area contributed by atoms with Crippen molar-refractivity contribution in [3.05, 3.63) is 17.4 Å². The van der Waals surface area contributed by atoms with E-state index in [0.29, 0.717) is 23.5 Å². The molecule has 0 fully saturated rings. The average Bonchev–Trinajstić information content (AvgIpc) is 2.87. The normalized spacial score (nSPS) is 11.0. The molecule has 0 bridgehead atoms. The lowest BCUT2D eigenvalue weighted by Crippen LogP contribution is -1.99. The molecule has 0 aliphatic rings. The molecule has 0 amide bonds. The van der Waals surface area contributed by atoms with Gasteiger partial charge in [0.2, 0.25) is 0 Å². The third-order valence-electron chi connectivity index (χ3n) is 1.93. The van der Waals surface area contributed by atoms with E-state index in [-0.39, 0.29) is 0 Å². The van der Waals surface area contributed by atoms with Gasteiger partial charge >= 0.3 is 0 Å². The van der Waals surface area contributed by atoms with Crippen molar-refractivity contribution in [1.29, 1.82) is 0 Å². The summed E-state index contributed by atoms with van der Waals surface area (Å²) in [6.45, 7) is 4.48. The predicted molar refractivity (Wildman–Crippen MR) is 60.5 cm³/mol. The van der Waals surface area contributed by atoms with Crippen molar-refractivity contribution in [2.24, 2.45) is 5.73 Å². The highest BCUT2D eigenvalue weighted by atomic mass is 32.1. The van der Waals surface area contributed by atoms with E-state index in [9.17, 15) is 0 Å². The summed E-state index contributed by atoms with van der Waals surface area (Å²) in [5.74, 6) is 0.661. The minimum atomic E-state index is 0.311. The molecule has 86 valence electrons. The Balaban J connectivity index is 2.08. The van der Waals surface area contributed by atoms with Gasteiger partial charge in [-0.15, -0.1) is 5.10 Å². The molecule has 7 heteroatoms. The highest BCUT2D eigenvalue weighted by Gasteiger charge is 2.07. The molecule has 2 N–H and O–H groups in total. The van der Waals surface area contributed by atoms with Crippen molar-refractivity contribution < 1.29 is 4.74 Å². The number of nitrogens with zero attached hydrogens (tertiary/aromatic N) is 4. The van der Waals surface area contributed by atoms with Gasteiger partial charge in [0.1, 0.15) is 5.01 Å². The van der Waals surface area contributed by atoms with Gasteiger partial charge in [-0.3, -0.25) is 4.68 Å². The Morgan fingerprint density at radius 3 is 2.88 bits per heavy atom. The fourth-order valence-corrected chi connectivity index (χ4v) is 1.70. The van der Waals surface area contributed by atoms with Gasteiger partial charge in [-0.05, 0) is 13.8 Å². The molecule has 0 radical (unpaired) electrons. The average molecular weight is 239 g/mol. The van der Waals surface area contributed by atoms with E-state index in [4.69, 9.17) is 10.5 Å². The number of hydrogen-bond donors (Lipinski definition) is 1. The van der Waals surface area contributed by atoms with E-state index in [1.165, 1.54) is 11.3 Å². The molecule has 16 heavy (non-hydrogen) atoms. The molecule has 2 heterocycles. The second-order valence-electron chi connectivity index (χ2n) is 3.52. The molecular weight excluding hydrogens is 226 g/mol. The van der Waals surface area contributed by atoms with Gasteiger partial charge in [-0.25, -0.2) is 0 Å². The summed E-state index contributed by atoms with van der Waals surface area (Å²) in [5.41, 5.74) is 5.44. The molecule has 6 nitrogen and oxygen atoms in total. The van der Waals surface area contributed by atoms with Crippen LogP contribution in [0.2, 0.25) is 0 Å². The quantitative estimate of drug-likeness (QED) is 0.876. The molecule has 0 atom stereocenters. The summed E-state index contributed by atoms with van der Waals surface area (Å²) in [4.78, 5) is 0. The molecule has 0 aliphatic heterocycles.